The van der Waals surface area contributed by atoms with Crippen molar-refractivity contribution in [3.8, 4) is 0 Å². The van der Waals surface area contributed by atoms with E-state index in [0.717, 1.165) is 13.0 Å². The molecule has 4 nitrogen and oxygen atoms in total. The van der Waals surface area contributed by atoms with E-state index in [1.807, 2.05) is 0 Å². The van der Waals surface area contributed by atoms with Gasteiger partial charge in [-0.25, -0.2) is 4.79 Å². The van der Waals surface area contributed by atoms with Crippen LogP contribution in [0.4, 0.5) is 0 Å². The Morgan fingerprint density at radius 2 is 2.23 bits per heavy atom. The van der Waals surface area contributed by atoms with E-state index in [-0.39, 0.29) is 12.6 Å². The van der Waals surface area contributed by atoms with E-state index >= 15 is 0 Å². The molecule has 76 valence electrons. The zero-order chi connectivity index (χ0) is 10.1. The van der Waals surface area contributed by atoms with Crippen LogP contribution in [0.25, 0.3) is 0 Å². The van der Waals surface area contributed by atoms with Gasteiger partial charge in [-0.05, 0) is 19.9 Å². The van der Waals surface area contributed by atoms with Gasteiger partial charge < -0.3 is 15.2 Å². The molecule has 0 heterocycles. The van der Waals surface area contributed by atoms with Crippen molar-refractivity contribution in [1.29, 1.82) is 0 Å². The number of carbonyl (C=O) groups is 1. The highest BCUT2D eigenvalue weighted by molar-refractivity contribution is 5.86. The summed E-state index contributed by atoms with van der Waals surface area (Å²) in [5.74, 6) is -0.345. The number of aliphatic hydroxyl groups is 1. The zero-order valence-corrected chi connectivity index (χ0v) is 8.01. The van der Waals surface area contributed by atoms with Crippen molar-refractivity contribution >= 4 is 5.97 Å². The molecule has 2 N–H and O–H groups in total. The van der Waals surface area contributed by atoms with E-state index in [9.17, 15) is 4.79 Å². The maximum atomic E-state index is 10.8. The molecule has 0 amide bonds. The molecular formula is C9H17NO3. The first-order chi connectivity index (χ1) is 6.18. The van der Waals surface area contributed by atoms with Gasteiger partial charge in [0.05, 0.1) is 13.2 Å². The van der Waals surface area contributed by atoms with Crippen molar-refractivity contribution in [3.05, 3.63) is 12.2 Å². The first-order valence-corrected chi connectivity index (χ1v) is 4.32. The van der Waals surface area contributed by atoms with Crippen LogP contribution in [0.1, 0.15) is 13.3 Å². The molecule has 0 bridgehead atoms. The lowest BCUT2D eigenvalue weighted by Crippen LogP contribution is -2.21. The fourth-order valence-corrected chi connectivity index (χ4v) is 0.689. The Kier molecular flexibility index (Phi) is 7.24. The maximum absolute atomic E-state index is 10.8. The molecule has 0 aliphatic heterocycles. The largest absolute Gasteiger partial charge is 0.462 e. The molecule has 0 aliphatic rings. The second-order valence-corrected chi connectivity index (χ2v) is 2.74. The Morgan fingerprint density at radius 1 is 1.54 bits per heavy atom. The Hall–Kier alpha value is -0.870. The van der Waals surface area contributed by atoms with Gasteiger partial charge in [-0.15, -0.1) is 0 Å². The van der Waals surface area contributed by atoms with E-state index in [1.54, 1.807) is 6.92 Å². The van der Waals surface area contributed by atoms with Crippen LogP contribution in [0.2, 0.25) is 0 Å². The van der Waals surface area contributed by atoms with Gasteiger partial charge in [-0.2, -0.15) is 0 Å². The van der Waals surface area contributed by atoms with Gasteiger partial charge in [-0.3, -0.25) is 0 Å². The summed E-state index contributed by atoms with van der Waals surface area (Å²) in [6, 6.07) is 0. The quantitative estimate of drug-likeness (QED) is 0.336. The summed E-state index contributed by atoms with van der Waals surface area (Å²) in [4.78, 5) is 10.8. The number of rotatable bonds is 7. The number of carbonyl (C=O) groups excluding carboxylic acids is 1. The smallest absolute Gasteiger partial charge is 0.333 e. The van der Waals surface area contributed by atoms with E-state index in [0.29, 0.717) is 18.7 Å². The van der Waals surface area contributed by atoms with Crippen LogP contribution in [0.5, 0.6) is 0 Å². The Balaban J connectivity index is 3.16. The highest BCUT2D eigenvalue weighted by Gasteiger charge is 2.01. The third-order valence-electron chi connectivity index (χ3n) is 1.37. The van der Waals surface area contributed by atoms with Crippen LogP contribution in [0.3, 0.4) is 0 Å². The van der Waals surface area contributed by atoms with Crippen molar-refractivity contribution in [2.45, 2.75) is 13.3 Å². The molecule has 0 fully saturated rings. The predicted octanol–water partition coefficient (Wildman–Crippen LogP) is 0.0777. The summed E-state index contributed by atoms with van der Waals surface area (Å²) in [7, 11) is 0. The van der Waals surface area contributed by atoms with Crippen molar-refractivity contribution < 1.29 is 14.6 Å². The van der Waals surface area contributed by atoms with E-state index in [4.69, 9.17) is 9.84 Å². The van der Waals surface area contributed by atoms with E-state index < -0.39 is 0 Å². The molecule has 0 aromatic carbocycles. The lowest BCUT2D eigenvalue weighted by Gasteiger charge is -2.04. The average Bonchev–Trinajstić information content (AvgIpc) is 2.10. The number of hydrogen-bond acceptors (Lipinski definition) is 4. The summed E-state index contributed by atoms with van der Waals surface area (Å²) < 4.78 is 4.84. The summed E-state index contributed by atoms with van der Waals surface area (Å²) >= 11 is 0. The Bertz CT molecular complexity index is 168. The number of hydrogen-bond donors (Lipinski definition) is 2. The lowest BCUT2D eigenvalue weighted by atomic mass is 10.3. The topological polar surface area (TPSA) is 58.6 Å². The van der Waals surface area contributed by atoms with Crippen LogP contribution in [-0.2, 0) is 9.53 Å². The summed E-state index contributed by atoms with van der Waals surface area (Å²) in [5.41, 5.74) is 0.420. The molecule has 0 atom stereocenters. The normalized spacial score (nSPS) is 9.69. The monoisotopic (exact) mass is 187 g/mol. The summed E-state index contributed by atoms with van der Waals surface area (Å²) in [6.07, 6.45) is 0.749. The molecule has 13 heavy (non-hydrogen) atoms. The van der Waals surface area contributed by atoms with Crippen LogP contribution >= 0.6 is 0 Å². The molecule has 0 aliphatic carbocycles. The Morgan fingerprint density at radius 3 is 2.77 bits per heavy atom. The second-order valence-electron chi connectivity index (χ2n) is 2.74. The maximum Gasteiger partial charge on any atom is 0.333 e. The van der Waals surface area contributed by atoms with Gasteiger partial charge >= 0.3 is 5.97 Å². The Labute approximate surface area is 78.6 Å². The molecule has 0 radical (unpaired) electrons. The molecule has 0 spiro atoms. The van der Waals surface area contributed by atoms with Gasteiger partial charge in [0.2, 0.25) is 0 Å². The second kappa shape index (κ2) is 7.76. The first-order valence-electron chi connectivity index (χ1n) is 4.32. The van der Waals surface area contributed by atoms with E-state index in [2.05, 4.69) is 11.9 Å². The number of aliphatic hydroxyl groups excluding tert-OH is 1. The third kappa shape index (κ3) is 7.49. The summed E-state index contributed by atoms with van der Waals surface area (Å²) in [6.45, 7) is 6.92. The number of nitrogens with one attached hydrogen (secondary N) is 1. The van der Waals surface area contributed by atoms with Crippen LogP contribution in [-0.4, -0.2) is 37.4 Å². The van der Waals surface area contributed by atoms with Gasteiger partial charge in [0.15, 0.2) is 0 Å². The number of ether oxygens (including phenoxy) is 1. The van der Waals surface area contributed by atoms with Crippen molar-refractivity contribution in [1.82, 2.24) is 5.32 Å². The minimum atomic E-state index is -0.345. The fourth-order valence-electron chi connectivity index (χ4n) is 0.689. The lowest BCUT2D eigenvalue weighted by molar-refractivity contribution is -0.139. The molecule has 4 heteroatoms. The minimum Gasteiger partial charge on any atom is -0.462 e. The number of esters is 1. The highest BCUT2D eigenvalue weighted by atomic mass is 16.5. The minimum absolute atomic E-state index is 0.131. The van der Waals surface area contributed by atoms with Gasteiger partial charge in [0.25, 0.3) is 0 Å². The first kappa shape index (κ1) is 12.1. The van der Waals surface area contributed by atoms with Crippen molar-refractivity contribution in [3.63, 3.8) is 0 Å². The molecule has 0 saturated heterocycles. The zero-order valence-electron chi connectivity index (χ0n) is 8.01. The average molecular weight is 187 g/mol. The van der Waals surface area contributed by atoms with Crippen LogP contribution < -0.4 is 5.32 Å². The molecule has 0 saturated carbocycles. The van der Waals surface area contributed by atoms with Gasteiger partial charge in [0.1, 0.15) is 0 Å². The summed E-state index contributed by atoms with van der Waals surface area (Å²) in [5, 5.41) is 11.4. The molecule has 0 rings (SSSR count). The predicted molar refractivity (Wildman–Crippen MR) is 50.3 cm³/mol. The SMILES string of the molecule is C=C(C)C(=O)OCCCNCCO. The molecular weight excluding hydrogens is 170 g/mol. The standard InChI is InChI=1S/C9H17NO3/c1-8(2)9(12)13-7-3-4-10-5-6-11/h10-11H,1,3-7H2,2H3. The molecule has 0 aromatic rings. The fraction of sp³-hybridized carbons (Fsp3) is 0.667. The molecule has 0 unspecified atom stereocenters. The van der Waals surface area contributed by atoms with Crippen LogP contribution in [0.15, 0.2) is 12.2 Å². The molecule has 0 aromatic heterocycles. The highest BCUT2D eigenvalue weighted by Crippen LogP contribution is 1.92. The van der Waals surface area contributed by atoms with Gasteiger partial charge in [0, 0.05) is 12.1 Å². The van der Waals surface area contributed by atoms with Gasteiger partial charge in [-0.1, -0.05) is 6.58 Å². The van der Waals surface area contributed by atoms with Crippen molar-refractivity contribution in [2.24, 2.45) is 0 Å². The third-order valence-corrected chi connectivity index (χ3v) is 1.37. The van der Waals surface area contributed by atoms with Crippen LogP contribution in [0, 0.1) is 0 Å². The van der Waals surface area contributed by atoms with Crippen molar-refractivity contribution in [2.75, 3.05) is 26.3 Å². The van der Waals surface area contributed by atoms with E-state index in [1.165, 1.54) is 0 Å².